The summed E-state index contributed by atoms with van der Waals surface area (Å²) < 4.78 is 10.9. The molecule has 8 N–H and O–H groups in total. The minimum atomic E-state index is -2.36. The van der Waals surface area contributed by atoms with Gasteiger partial charge in [0.05, 0.1) is 25.6 Å². The molecule has 2 aromatic rings. The van der Waals surface area contributed by atoms with E-state index in [1.807, 2.05) is 24.3 Å². The summed E-state index contributed by atoms with van der Waals surface area (Å²) in [6.07, 6.45) is -0.279. The van der Waals surface area contributed by atoms with Crippen LogP contribution in [0.2, 0.25) is 0 Å². The molecule has 0 radical (unpaired) electrons. The summed E-state index contributed by atoms with van der Waals surface area (Å²) in [5.74, 6) is -1.98. The predicted octanol–water partition coefficient (Wildman–Crippen LogP) is -0.481. The van der Waals surface area contributed by atoms with E-state index in [-0.39, 0.29) is 0 Å². The van der Waals surface area contributed by atoms with Gasteiger partial charge >= 0.3 is 11.9 Å². The van der Waals surface area contributed by atoms with Crippen molar-refractivity contribution in [1.82, 2.24) is 20.6 Å². The SMILES string of the molecule is CCNCCCOc1cccnc1.CCNCCCOc1cccnc1.O=C(O)[C@@H](O)[C@H](O)[C@H](O)[C@@H](O)C(=O)O. The number of pyridine rings is 2. The van der Waals surface area contributed by atoms with Crippen LogP contribution in [0.25, 0.3) is 0 Å². The molecule has 0 aliphatic rings. The number of hydrogen-bond acceptors (Lipinski definition) is 12. The molecule has 14 heteroatoms. The zero-order chi connectivity index (χ0) is 30.2. The van der Waals surface area contributed by atoms with Crippen molar-refractivity contribution in [3.63, 3.8) is 0 Å². The molecule has 0 unspecified atom stereocenters. The van der Waals surface area contributed by atoms with Crippen LogP contribution in [0, 0.1) is 0 Å². The van der Waals surface area contributed by atoms with Crippen LogP contribution < -0.4 is 20.1 Å². The smallest absolute Gasteiger partial charge is 0.335 e. The van der Waals surface area contributed by atoms with E-state index < -0.39 is 36.4 Å². The van der Waals surface area contributed by atoms with Gasteiger partial charge < -0.3 is 50.7 Å². The van der Waals surface area contributed by atoms with Gasteiger partial charge in [-0.25, -0.2) is 9.59 Å². The number of rotatable bonds is 17. The largest absolute Gasteiger partial charge is 0.492 e. The van der Waals surface area contributed by atoms with Crippen molar-refractivity contribution in [2.24, 2.45) is 0 Å². The molecule has 0 fully saturated rings. The summed E-state index contributed by atoms with van der Waals surface area (Å²) in [6, 6.07) is 7.58. The van der Waals surface area contributed by atoms with Crippen molar-refractivity contribution in [3.8, 4) is 11.5 Å². The number of nitrogens with zero attached hydrogens (tertiary/aromatic N) is 2. The molecule has 2 aromatic heterocycles. The number of aromatic nitrogens is 2. The van der Waals surface area contributed by atoms with Gasteiger partial charge in [0.2, 0.25) is 0 Å². The maximum Gasteiger partial charge on any atom is 0.335 e. The van der Waals surface area contributed by atoms with Crippen LogP contribution in [-0.4, -0.2) is 116 Å². The van der Waals surface area contributed by atoms with E-state index >= 15 is 0 Å². The topological polar surface area (TPSA) is 224 Å². The first kappa shape index (κ1) is 36.6. The Labute approximate surface area is 233 Å². The fourth-order valence-electron chi connectivity index (χ4n) is 2.66. The zero-order valence-electron chi connectivity index (χ0n) is 22.8. The molecule has 2 rings (SSSR count). The highest BCUT2D eigenvalue weighted by Crippen LogP contribution is 2.07. The third-order valence-electron chi connectivity index (χ3n) is 4.80. The van der Waals surface area contributed by atoms with Crippen molar-refractivity contribution >= 4 is 11.9 Å². The summed E-state index contributed by atoms with van der Waals surface area (Å²) in [5, 5.41) is 57.9. The third kappa shape index (κ3) is 18.0. The van der Waals surface area contributed by atoms with Crippen LogP contribution >= 0.6 is 0 Å². The lowest BCUT2D eigenvalue weighted by atomic mass is 10.0. The summed E-state index contributed by atoms with van der Waals surface area (Å²) in [6.45, 7) is 9.76. The molecule has 0 aliphatic carbocycles. The average molecular weight is 571 g/mol. The number of aliphatic hydroxyl groups is 4. The maximum absolute atomic E-state index is 10.1. The van der Waals surface area contributed by atoms with E-state index in [0.717, 1.165) is 63.7 Å². The highest BCUT2D eigenvalue weighted by atomic mass is 16.5. The van der Waals surface area contributed by atoms with E-state index in [1.165, 1.54) is 0 Å². The van der Waals surface area contributed by atoms with Crippen LogP contribution in [0.3, 0.4) is 0 Å². The molecule has 40 heavy (non-hydrogen) atoms. The van der Waals surface area contributed by atoms with Crippen molar-refractivity contribution in [1.29, 1.82) is 0 Å². The lowest BCUT2D eigenvalue weighted by molar-refractivity contribution is -0.172. The highest BCUT2D eigenvalue weighted by Gasteiger charge is 2.37. The summed E-state index contributed by atoms with van der Waals surface area (Å²) in [7, 11) is 0. The van der Waals surface area contributed by atoms with Gasteiger partial charge in [0.1, 0.15) is 23.7 Å². The zero-order valence-corrected chi connectivity index (χ0v) is 22.8. The summed E-state index contributed by atoms with van der Waals surface area (Å²) in [4.78, 5) is 28.1. The monoisotopic (exact) mass is 570 g/mol. The molecular formula is C26H42N4O10. The molecule has 0 amide bonds. The van der Waals surface area contributed by atoms with Crippen molar-refractivity contribution in [3.05, 3.63) is 49.1 Å². The van der Waals surface area contributed by atoms with E-state index in [9.17, 15) is 9.59 Å². The fraction of sp³-hybridized carbons (Fsp3) is 0.538. The standard InChI is InChI=1S/2C10H16N2O.C6H10O8/c2*1-2-11-7-4-8-13-10-5-3-6-12-9-10;7-1(3(9)5(11)12)2(8)4(10)6(13)14/h2*3,5-6,9,11H,2,4,7-8H2,1H3;1-4,7-10H,(H,11,12)(H,13,14)/t;;1-,2+,3+,4-. The van der Waals surface area contributed by atoms with Gasteiger partial charge in [-0.15, -0.1) is 0 Å². The van der Waals surface area contributed by atoms with E-state index in [1.54, 1.807) is 24.8 Å². The molecular weight excluding hydrogens is 528 g/mol. The van der Waals surface area contributed by atoms with E-state index in [0.29, 0.717) is 0 Å². The number of carboxylic acid groups (broad SMARTS) is 2. The van der Waals surface area contributed by atoms with Gasteiger partial charge in [-0.1, -0.05) is 13.8 Å². The lowest BCUT2D eigenvalue weighted by Gasteiger charge is -2.21. The number of aliphatic carboxylic acids is 2. The van der Waals surface area contributed by atoms with Crippen LogP contribution in [0.1, 0.15) is 26.7 Å². The predicted molar refractivity (Wildman–Crippen MR) is 145 cm³/mol. The van der Waals surface area contributed by atoms with E-state index in [4.69, 9.17) is 40.1 Å². The van der Waals surface area contributed by atoms with E-state index in [2.05, 4.69) is 34.4 Å². The number of hydrogen-bond donors (Lipinski definition) is 8. The number of carbonyl (C=O) groups is 2. The normalized spacial score (nSPS) is 13.2. The Kier molecular flexibility index (Phi) is 21.5. The van der Waals surface area contributed by atoms with Crippen LogP contribution in [0.5, 0.6) is 11.5 Å². The molecule has 2 heterocycles. The molecule has 4 atom stereocenters. The molecule has 0 aromatic carbocycles. The van der Waals surface area contributed by atoms with Crippen LogP contribution in [0.4, 0.5) is 0 Å². The number of ether oxygens (including phenoxy) is 2. The second-order valence-electron chi connectivity index (χ2n) is 8.04. The minimum Gasteiger partial charge on any atom is -0.492 e. The number of aliphatic hydroxyl groups excluding tert-OH is 4. The van der Waals surface area contributed by atoms with Crippen LogP contribution in [-0.2, 0) is 9.59 Å². The van der Waals surface area contributed by atoms with Gasteiger partial charge in [-0.2, -0.15) is 0 Å². The fourth-order valence-corrected chi connectivity index (χ4v) is 2.66. The minimum absolute atomic E-state index is 0.749. The molecule has 0 bridgehead atoms. The first-order chi connectivity index (χ1) is 19.1. The van der Waals surface area contributed by atoms with Crippen molar-refractivity contribution in [2.75, 3.05) is 39.4 Å². The Bertz CT molecular complexity index is 822. The molecule has 0 saturated heterocycles. The van der Waals surface area contributed by atoms with Crippen molar-refractivity contribution in [2.45, 2.75) is 51.1 Å². The molecule has 226 valence electrons. The Balaban J connectivity index is 0.000000571. The van der Waals surface area contributed by atoms with Gasteiger partial charge in [-0.05, 0) is 63.3 Å². The Morgan fingerprint density at radius 1 is 0.750 bits per heavy atom. The Morgan fingerprint density at radius 2 is 1.12 bits per heavy atom. The average Bonchev–Trinajstić information content (AvgIpc) is 2.97. The Morgan fingerprint density at radius 3 is 1.40 bits per heavy atom. The number of nitrogens with one attached hydrogen (secondary N) is 2. The van der Waals surface area contributed by atoms with Crippen LogP contribution in [0.15, 0.2) is 49.1 Å². The quantitative estimate of drug-likeness (QED) is 0.113. The van der Waals surface area contributed by atoms with Gasteiger partial charge in [0.25, 0.3) is 0 Å². The second kappa shape index (κ2) is 23.5. The van der Waals surface area contributed by atoms with Gasteiger partial charge in [0.15, 0.2) is 12.2 Å². The molecule has 0 saturated carbocycles. The Hall–Kier alpha value is -3.40. The third-order valence-corrected chi connectivity index (χ3v) is 4.80. The lowest BCUT2D eigenvalue weighted by Crippen LogP contribution is -2.49. The maximum atomic E-state index is 10.1. The first-order valence-corrected chi connectivity index (χ1v) is 12.8. The van der Waals surface area contributed by atoms with Crippen molar-refractivity contribution < 1.29 is 49.7 Å². The number of carboxylic acids is 2. The summed E-state index contributed by atoms with van der Waals surface area (Å²) in [5.41, 5.74) is 0. The molecule has 0 spiro atoms. The molecule has 14 nitrogen and oxygen atoms in total. The molecule has 0 aliphatic heterocycles. The highest BCUT2D eigenvalue weighted by molar-refractivity contribution is 5.75. The van der Waals surface area contributed by atoms with Gasteiger partial charge in [-0.3, -0.25) is 9.97 Å². The summed E-state index contributed by atoms with van der Waals surface area (Å²) >= 11 is 0. The first-order valence-electron chi connectivity index (χ1n) is 12.8. The second-order valence-corrected chi connectivity index (χ2v) is 8.04. The van der Waals surface area contributed by atoms with Gasteiger partial charge in [0, 0.05) is 12.4 Å².